The molecule has 1 aliphatic heterocycles. The molecule has 2 atom stereocenters. The van der Waals surface area contributed by atoms with E-state index in [2.05, 4.69) is 26.8 Å². The van der Waals surface area contributed by atoms with Crippen molar-refractivity contribution in [2.75, 3.05) is 26.4 Å². The molecular formula is C32H38BrN3O5. The summed E-state index contributed by atoms with van der Waals surface area (Å²) >= 11 is 3.51. The number of benzene rings is 3. The lowest BCUT2D eigenvalue weighted by Crippen LogP contribution is -2.54. The van der Waals surface area contributed by atoms with Crippen molar-refractivity contribution in [1.29, 1.82) is 0 Å². The van der Waals surface area contributed by atoms with Crippen molar-refractivity contribution >= 4 is 27.7 Å². The summed E-state index contributed by atoms with van der Waals surface area (Å²) in [5.41, 5.74) is 7.25. The van der Waals surface area contributed by atoms with E-state index in [-0.39, 0.29) is 18.6 Å². The number of nitrogens with zero attached hydrogens (tertiary/aromatic N) is 1. The molecule has 0 radical (unpaired) electrons. The smallest absolute Gasteiger partial charge is 0.266 e. The van der Waals surface area contributed by atoms with Crippen molar-refractivity contribution in [1.82, 2.24) is 10.9 Å². The standard InChI is InChI=1S/C32H38BrN3O5/c1-23(2)39-20-6-18-34-36-31(38)32(22-24-8-4-3-5-9-24)29(25-10-14-27(33)15-11-25)41-30(35-32)26-12-16-28(17-13-26)40-21-7-19-37/h3-5,8-17,23,29,34,37H,6-7,18-22H2,1-2H3,(H,36,38)/t29-,32-/m0/s1. The van der Waals surface area contributed by atoms with Crippen LogP contribution in [0.4, 0.5) is 0 Å². The van der Waals surface area contributed by atoms with E-state index in [1.165, 1.54) is 0 Å². The quantitative estimate of drug-likeness (QED) is 0.160. The van der Waals surface area contributed by atoms with Crippen LogP contribution >= 0.6 is 15.9 Å². The first kappa shape index (κ1) is 30.7. The Morgan fingerprint density at radius 3 is 2.44 bits per heavy atom. The highest BCUT2D eigenvalue weighted by atomic mass is 79.9. The molecule has 0 aliphatic carbocycles. The minimum atomic E-state index is -1.28. The average Bonchev–Trinajstić information content (AvgIpc) is 3.36. The Kier molecular flexibility index (Phi) is 11.3. The van der Waals surface area contributed by atoms with Crippen LogP contribution in [-0.2, 0) is 20.7 Å². The molecule has 3 N–H and O–H groups in total. The Hall–Kier alpha value is -3.24. The highest BCUT2D eigenvalue weighted by molar-refractivity contribution is 9.10. The van der Waals surface area contributed by atoms with Crippen LogP contribution in [0.2, 0.25) is 0 Å². The van der Waals surface area contributed by atoms with Gasteiger partial charge in [-0.05, 0) is 67.8 Å². The van der Waals surface area contributed by atoms with E-state index >= 15 is 0 Å². The van der Waals surface area contributed by atoms with Crippen LogP contribution in [0.3, 0.4) is 0 Å². The fourth-order valence-corrected chi connectivity index (χ4v) is 4.82. The SMILES string of the molecule is CC(C)OCCCNNC(=O)[C@@]1(Cc2ccccc2)N=C(c2ccc(OCCCO)cc2)O[C@H]1c1ccc(Br)cc1. The minimum Gasteiger partial charge on any atom is -0.494 e. The normalized spacial score (nSPS) is 18.2. The fraction of sp³-hybridized carbons (Fsp3) is 0.375. The number of nitrogens with one attached hydrogen (secondary N) is 2. The number of ether oxygens (including phenoxy) is 3. The summed E-state index contributed by atoms with van der Waals surface area (Å²) < 4.78 is 18.8. The summed E-state index contributed by atoms with van der Waals surface area (Å²) in [6.07, 6.45) is 1.14. The second-order valence-electron chi connectivity index (χ2n) is 10.2. The first-order valence-corrected chi connectivity index (χ1v) is 14.8. The van der Waals surface area contributed by atoms with E-state index in [4.69, 9.17) is 24.3 Å². The molecule has 0 unspecified atom stereocenters. The molecule has 0 spiro atoms. The van der Waals surface area contributed by atoms with Gasteiger partial charge in [0.25, 0.3) is 5.91 Å². The summed E-state index contributed by atoms with van der Waals surface area (Å²) in [6.45, 7) is 5.65. The molecule has 3 aromatic rings. The van der Waals surface area contributed by atoms with Gasteiger partial charge in [-0.25, -0.2) is 10.4 Å². The number of carbonyl (C=O) groups excluding carboxylic acids is 1. The molecule has 9 heteroatoms. The number of carbonyl (C=O) groups is 1. The minimum absolute atomic E-state index is 0.0757. The Balaban J connectivity index is 1.65. The van der Waals surface area contributed by atoms with Gasteiger partial charge >= 0.3 is 0 Å². The maximum atomic E-state index is 14.1. The van der Waals surface area contributed by atoms with Crippen molar-refractivity contribution < 1.29 is 24.1 Å². The summed E-state index contributed by atoms with van der Waals surface area (Å²) in [5.74, 6) is 0.790. The van der Waals surface area contributed by atoms with Crippen molar-refractivity contribution in [2.45, 2.75) is 50.9 Å². The third-order valence-electron chi connectivity index (χ3n) is 6.62. The average molecular weight is 625 g/mol. The molecule has 1 amide bonds. The third-order valence-corrected chi connectivity index (χ3v) is 7.15. The van der Waals surface area contributed by atoms with E-state index in [1.807, 2.05) is 92.7 Å². The van der Waals surface area contributed by atoms with E-state index in [0.29, 0.717) is 44.2 Å². The van der Waals surface area contributed by atoms with Gasteiger partial charge in [0, 0.05) is 42.6 Å². The Bertz CT molecular complexity index is 1270. The molecule has 8 nitrogen and oxygen atoms in total. The van der Waals surface area contributed by atoms with E-state index in [1.54, 1.807) is 0 Å². The number of aliphatic imine (C=N–C) groups is 1. The number of aliphatic hydroxyl groups is 1. The maximum Gasteiger partial charge on any atom is 0.266 e. The molecule has 1 aliphatic rings. The predicted molar refractivity (Wildman–Crippen MR) is 163 cm³/mol. The maximum absolute atomic E-state index is 14.1. The fourth-order valence-electron chi connectivity index (χ4n) is 4.56. The van der Waals surface area contributed by atoms with Gasteiger partial charge in [0.1, 0.15) is 5.75 Å². The van der Waals surface area contributed by atoms with Crippen LogP contribution in [0.15, 0.2) is 88.3 Å². The van der Waals surface area contributed by atoms with Gasteiger partial charge in [-0.3, -0.25) is 10.2 Å². The Morgan fingerprint density at radius 1 is 1.02 bits per heavy atom. The Labute approximate surface area is 250 Å². The Morgan fingerprint density at radius 2 is 1.76 bits per heavy atom. The molecule has 0 aromatic heterocycles. The molecule has 0 saturated carbocycles. The number of hydrogen-bond donors (Lipinski definition) is 3. The zero-order valence-corrected chi connectivity index (χ0v) is 25.1. The number of halogens is 1. The van der Waals surface area contributed by atoms with Gasteiger partial charge in [0.05, 0.1) is 12.7 Å². The van der Waals surface area contributed by atoms with Crippen molar-refractivity contribution in [3.8, 4) is 5.75 Å². The third kappa shape index (κ3) is 8.39. The van der Waals surface area contributed by atoms with Gasteiger partial charge in [0.15, 0.2) is 11.6 Å². The lowest BCUT2D eigenvalue weighted by molar-refractivity contribution is -0.130. The molecule has 3 aromatic carbocycles. The monoisotopic (exact) mass is 623 g/mol. The second kappa shape index (κ2) is 15.1. The van der Waals surface area contributed by atoms with Crippen LogP contribution < -0.4 is 15.6 Å². The van der Waals surface area contributed by atoms with Gasteiger partial charge in [-0.15, -0.1) is 0 Å². The van der Waals surface area contributed by atoms with Gasteiger partial charge < -0.3 is 19.3 Å². The van der Waals surface area contributed by atoms with Crippen molar-refractivity contribution in [2.24, 2.45) is 4.99 Å². The van der Waals surface area contributed by atoms with E-state index < -0.39 is 11.6 Å². The van der Waals surface area contributed by atoms with E-state index in [0.717, 1.165) is 27.6 Å². The van der Waals surface area contributed by atoms with Crippen LogP contribution in [0, 0.1) is 0 Å². The van der Waals surface area contributed by atoms with Crippen LogP contribution in [0.5, 0.6) is 5.75 Å². The first-order chi connectivity index (χ1) is 19.9. The summed E-state index contributed by atoms with van der Waals surface area (Å²) in [4.78, 5) is 19.1. The number of hydrogen-bond acceptors (Lipinski definition) is 7. The number of amides is 1. The van der Waals surface area contributed by atoms with Crippen LogP contribution in [0.1, 0.15) is 49.5 Å². The van der Waals surface area contributed by atoms with Crippen LogP contribution in [0.25, 0.3) is 0 Å². The molecular weight excluding hydrogens is 586 g/mol. The summed E-state index contributed by atoms with van der Waals surface area (Å²) in [5, 5.41) is 9.02. The number of hydrazine groups is 1. The molecule has 218 valence electrons. The molecule has 41 heavy (non-hydrogen) atoms. The summed E-state index contributed by atoms with van der Waals surface area (Å²) in [6, 6.07) is 25.1. The topological polar surface area (TPSA) is 101 Å². The molecule has 0 saturated heterocycles. The number of aliphatic hydroxyl groups excluding tert-OH is 1. The lowest BCUT2D eigenvalue weighted by Gasteiger charge is -2.31. The largest absolute Gasteiger partial charge is 0.494 e. The lowest BCUT2D eigenvalue weighted by atomic mass is 9.82. The van der Waals surface area contributed by atoms with Gasteiger partial charge in [0.2, 0.25) is 5.90 Å². The van der Waals surface area contributed by atoms with Gasteiger partial charge in [-0.2, -0.15) is 0 Å². The van der Waals surface area contributed by atoms with E-state index in [9.17, 15) is 4.79 Å². The second-order valence-corrected chi connectivity index (χ2v) is 11.1. The molecule has 4 rings (SSSR count). The molecule has 0 bridgehead atoms. The number of rotatable bonds is 15. The highest BCUT2D eigenvalue weighted by Crippen LogP contribution is 2.42. The highest BCUT2D eigenvalue weighted by Gasteiger charge is 2.53. The molecule has 0 fully saturated rings. The van der Waals surface area contributed by atoms with Crippen molar-refractivity contribution in [3.63, 3.8) is 0 Å². The summed E-state index contributed by atoms with van der Waals surface area (Å²) in [7, 11) is 0. The predicted octanol–water partition coefficient (Wildman–Crippen LogP) is 5.15. The molecule has 1 heterocycles. The van der Waals surface area contributed by atoms with Crippen molar-refractivity contribution in [3.05, 3.63) is 100 Å². The van der Waals surface area contributed by atoms with Crippen LogP contribution in [-0.4, -0.2) is 54.9 Å². The first-order valence-electron chi connectivity index (χ1n) is 14.0. The zero-order valence-electron chi connectivity index (χ0n) is 23.5. The zero-order chi connectivity index (χ0) is 29.1. The van der Waals surface area contributed by atoms with Gasteiger partial charge in [-0.1, -0.05) is 58.4 Å².